The molecule has 0 aromatic rings. The summed E-state index contributed by atoms with van der Waals surface area (Å²) in [7, 11) is 0. The van der Waals surface area contributed by atoms with Crippen LogP contribution in [0.2, 0.25) is 0 Å². The summed E-state index contributed by atoms with van der Waals surface area (Å²) in [6.07, 6.45) is 1.60. The van der Waals surface area contributed by atoms with Crippen molar-refractivity contribution < 1.29 is 9.84 Å². The molecule has 0 aliphatic heterocycles. The Hall–Kier alpha value is -0.340. The van der Waals surface area contributed by atoms with Gasteiger partial charge in [0.05, 0.1) is 19.3 Å². The minimum absolute atomic E-state index is 0.0620. The molecule has 0 aliphatic rings. The van der Waals surface area contributed by atoms with Crippen molar-refractivity contribution in [3.63, 3.8) is 0 Å². The van der Waals surface area contributed by atoms with Crippen molar-refractivity contribution in [2.24, 2.45) is 0 Å². The fraction of sp³-hybridized carbons (Fsp3) is 0.667. The third-order valence-electron chi connectivity index (χ3n) is 0.756. The fourth-order valence-corrected chi connectivity index (χ4v) is 0.285. The lowest BCUT2D eigenvalue weighted by molar-refractivity contribution is 0.0413. The minimum Gasteiger partial charge on any atom is -0.394 e. The van der Waals surface area contributed by atoms with Gasteiger partial charge < -0.3 is 9.84 Å². The van der Waals surface area contributed by atoms with Gasteiger partial charge >= 0.3 is 0 Å². The summed E-state index contributed by atoms with van der Waals surface area (Å²) in [6, 6.07) is 0. The van der Waals surface area contributed by atoms with Crippen LogP contribution in [0, 0.1) is 0 Å². The molecule has 0 saturated heterocycles. The van der Waals surface area contributed by atoms with Gasteiger partial charge in [-0.1, -0.05) is 6.08 Å². The molecular formula is C6H12O2. The Morgan fingerprint density at radius 1 is 1.88 bits per heavy atom. The first-order valence-electron chi connectivity index (χ1n) is 2.64. The molecule has 0 spiro atoms. The summed E-state index contributed by atoms with van der Waals surface area (Å²) in [4.78, 5) is 0. The highest BCUT2D eigenvalue weighted by atomic mass is 16.5. The smallest absolute Gasteiger partial charge is 0.0781 e. The van der Waals surface area contributed by atoms with Crippen LogP contribution >= 0.6 is 0 Å². The van der Waals surface area contributed by atoms with E-state index in [9.17, 15) is 0 Å². The lowest BCUT2D eigenvalue weighted by Crippen LogP contribution is -2.12. The molecule has 2 nitrogen and oxygen atoms in total. The molecule has 0 radical (unpaired) electrons. The van der Waals surface area contributed by atoms with Crippen molar-refractivity contribution in [1.29, 1.82) is 0 Å². The van der Waals surface area contributed by atoms with E-state index in [1.807, 2.05) is 6.92 Å². The second-order valence-electron chi connectivity index (χ2n) is 1.62. The molecule has 0 fully saturated rings. The maximum absolute atomic E-state index is 8.40. The summed E-state index contributed by atoms with van der Waals surface area (Å²) in [5.41, 5.74) is 0. The van der Waals surface area contributed by atoms with Crippen LogP contribution in [-0.2, 0) is 4.74 Å². The first-order chi connectivity index (χ1) is 3.81. The molecule has 2 heteroatoms. The summed E-state index contributed by atoms with van der Waals surface area (Å²) >= 11 is 0. The van der Waals surface area contributed by atoms with Crippen molar-refractivity contribution in [2.45, 2.75) is 13.0 Å². The van der Waals surface area contributed by atoms with Gasteiger partial charge in [0.25, 0.3) is 0 Å². The van der Waals surface area contributed by atoms with Crippen molar-refractivity contribution in [2.75, 3.05) is 13.2 Å². The Morgan fingerprint density at radius 3 is 2.88 bits per heavy atom. The van der Waals surface area contributed by atoms with Crippen LogP contribution in [0.25, 0.3) is 0 Å². The molecule has 48 valence electrons. The zero-order chi connectivity index (χ0) is 6.41. The Kier molecular flexibility index (Phi) is 4.61. The van der Waals surface area contributed by atoms with E-state index in [-0.39, 0.29) is 12.7 Å². The van der Waals surface area contributed by atoms with Crippen molar-refractivity contribution in [1.82, 2.24) is 0 Å². The molecule has 0 aromatic carbocycles. The Bertz CT molecular complexity index is 61.5. The van der Waals surface area contributed by atoms with E-state index in [1.165, 1.54) is 0 Å². The van der Waals surface area contributed by atoms with Crippen LogP contribution in [0.5, 0.6) is 0 Å². The quantitative estimate of drug-likeness (QED) is 0.544. The Morgan fingerprint density at radius 2 is 2.50 bits per heavy atom. The average Bonchev–Trinajstić information content (AvgIpc) is 1.83. The number of aliphatic hydroxyl groups is 1. The SMILES string of the molecule is C=CCO[C@H](C)CO. The first kappa shape index (κ1) is 7.66. The van der Waals surface area contributed by atoms with Gasteiger partial charge in [0.2, 0.25) is 0 Å². The molecule has 1 N–H and O–H groups in total. The topological polar surface area (TPSA) is 29.5 Å². The lowest BCUT2D eigenvalue weighted by atomic mass is 10.4. The molecule has 0 unspecified atom stereocenters. The average molecular weight is 116 g/mol. The minimum atomic E-state index is -0.0620. The molecule has 0 heterocycles. The van der Waals surface area contributed by atoms with Crippen LogP contribution in [0.15, 0.2) is 12.7 Å². The summed E-state index contributed by atoms with van der Waals surface area (Å²) in [5, 5.41) is 8.40. The highest BCUT2D eigenvalue weighted by Gasteiger charge is 1.94. The third-order valence-corrected chi connectivity index (χ3v) is 0.756. The molecule has 0 saturated carbocycles. The predicted molar refractivity (Wildman–Crippen MR) is 32.7 cm³/mol. The highest BCUT2D eigenvalue weighted by molar-refractivity contribution is 4.64. The zero-order valence-corrected chi connectivity index (χ0v) is 5.13. The van der Waals surface area contributed by atoms with Gasteiger partial charge in [0.1, 0.15) is 0 Å². The number of rotatable bonds is 4. The Balaban J connectivity index is 2.97. The second-order valence-corrected chi connectivity index (χ2v) is 1.62. The third kappa shape index (κ3) is 3.84. The molecule has 0 aromatic heterocycles. The summed E-state index contributed by atoms with van der Waals surface area (Å²) < 4.78 is 4.97. The van der Waals surface area contributed by atoms with Gasteiger partial charge in [-0.15, -0.1) is 6.58 Å². The molecule has 0 bridgehead atoms. The van der Waals surface area contributed by atoms with Crippen molar-refractivity contribution in [3.8, 4) is 0 Å². The summed E-state index contributed by atoms with van der Waals surface area (Å²) in [5.74, 6) is 0. The standard InChI is InChI=1S/C6H12O2/c1-3-4-8-6(2)5-7/h3,6-7H,1,4-5H2,2H3/t6-/m1/s1. The van der Waals surface area contributed by atoms with Crippen LogP contribution in [0.4, 0.5) is 0 Å². The molecule has 1 atom stereocenters. The van der Waals surface area contributed by atoms with E-state index in [4.69, 9.17) is 9.84 Å². The second kappa shape index (κ2) is 4.81. The normalized spacial score (nSPS) is 13.2. The van der Waals surface area contributed by atoms with Gasteiger partial charge in [-0.05, 0) is 6.92 Å². The van der Waals surface area contributed by atoms with E-state index in [0.29, 0.717) is 6.61 Å². The largest absolute Gasteiger partial charge is 0.394 e. The Labute approximate surface area is 49.8 Å². The van der Waals surface area contributed by atoms with Crippen LogP contribution in [-0.4, -0.2) is 24.4 Å². The van der Waals surface area contributed by atoms with Gasteiger partial charge in [-0.2, -0.15) is 0 Å². The summed E-state index contributed by atoms with van der Waals surface area (Å²) in [6.45, 7) is 5.86. The van der Waals surface area contributed by atoms with Crippen LogP contribution < -0.4 is 0 Å². The number of hydrogen-bond acceptors (Lipinski definition) is 2. The van der Waals surface area contributed by atoms with Crippen LogP contribution in [0.3, 0.4) is 0 Å². The van der Waals surface area contributed by atoms with Gasteiger partial charge in [0.15, 0.2) is 0 Å². The van der Waals surface area contributed by atoms with Crippen molar-refractivity contribution in [3.05, 3.63) is 12.7 Å². The maximum atomic E-state index is 8.40. The molecular weight excluding hydrogens is 104 g/mol. The molecule has 0 aliphatic carbocycles. The van der Waals surface area contributed by atoms with E-state index >= 15 is 0 Å². The number of ether oxygens (including phenoxy) is 1. The van der Waals surface area contributed by atoms with E-state index < -0.39 is 0 Å². The highest BCUT2D eigenvalue weighted by Crippen LogP contribution is 1.86. The number of hydrogen-bond donors (Lipinski definition) is 1. The fourth-order valence-electron chi connectivity index (χ4n) is 0.285. The molecule has 0 amide bonds. The van der Waals surface area contributed by atoms with E-state index in [2.05, 4.69) is 6.58 Å². The predicted octanol–water partition coefficient (Wildman–Crippen LogP) is 0.570. The lowest BCUT2D eigenvalue weighted by Gasteiger charge is -2.05. The maximum Gasteiger partial charge on any atom is 0.0781 e. The zero-order valence-electron chi connectivity index (χ0n) is 5.13. The molecule has 0 rings (SSSR count). The van der Waals surface area contributed by atoms with Gasteiger partial charge in [0, 0.05) is 0 Å². The molecule has 8 heavy (non-hydrogen) atoms. The monoisotopic (exact) mass is 116 g/mol. The van der Waals surface area contributed by atoms with Crippen molar-refractivity contribution >= 4 is 0 Å². The van der Waals surface area contributed by atoms with Gasteiger partial charge in [-0.3, -0.25) is 0 Å². The van der Waals surface area contributed by atoms with E-state index in [1.54, 1.807) is 6.08 Å². The van der Waals surface area contributed by atoms with Gasteiger partial charge in [-0.25, -0.2) is 0 Å². The number of aliphatic hydroxyl groups excluding tert-OH is 1. The van der Waals surface area contributed by atoms with Crippen LogP contribution in [0.1, 0.15) is 6.92 Å². The first-order valence-corrected chi connectivity index (χ1v) is 2.64. The van der Waals surface area contributed by atoms with E-state index in [0.717, 1.165) is 0 Å².